The first-order valence-electron chi connectivity index (χ1n) is 6.45. The van der Waals surface area contributed by atoms with E-state index in [0.717, 1.165) is 6.42 Å². The molecule has 2 unspecified atom stereocenters. The smallest absolute Gasteiger partial charge is 0.270 e. The molecule has 98 valence electrons. The number of hydrogen-bond donors (Lipinski definition) is 3. The number of nitrogens with one attached hydrogen (secondary N) is 2. The van der Waals surface area contributed by atoms with Crippen LogP contribution in [0, 0.1) is 5.92 Å². The number of pyridine rings is 1. The van der Waals surface area contributed by atoms with Crippen LogP contribution in [0.15, 0.2) is 18.2 Å². The van der Waals surface area contributed by atoms with Crippen molar-refractivity contribution in [1.82, 2.24) is 10.3 Å². The van der Waals surface area contributed by atoms with Crippen molar-refractivity contribution in [3.8, 4) is 0 Å². The first kappa shape index (κ1) is 12.8. The maximum absolute atomic E-state index is 12.1. The highest BCUT2D eigenvalue weighted by Gasteiger charge is 2.23. The predicted molar refractivity (Wildman–Crippen MR) is 70.9 cm³/mol. The van der Waals surface area contributed by atoms with E-state index in [9.17, 15) is 4.79 Å². The normalized spacial score (nSPS) is 23.4. The van der Waals surface area contributed by atoms with Gasteiger partial charge < -0.3 is 10.7 Å². The fraction of sp³-hybridized carbons (Fsp3) is 0.538. The van der Waals surface area contributed by atoms with E-state index in [0.29, 0.717) is 17.4 Å². The van der Waals surface area contributed by atoms with Gasteiger partial charge in [-0.2, -0.15) is 0 Å². The van der Waals surface area contributed by atoms with Crippen LogP contribution in [0.3, 0.4) is 0 Å². The molecule has 1 fully saturated rings. The Kier molecular flexibility index (Phi) is 4.15. The van der Waals surface area contributed by atoms with Crippen molar-refractivity contribution in [2.24, 2.45) is 11.8 Å². The lowest BCUT2D eigenvalue weighted by Gasteiger charge is -2.29. The topological polar surface area (TPSA) is 80.0 Å². The van der Waals surface area contributed by atoms with Gasteiger partial charge >= 0.3 is 0 Å². The zero-order valence-electron chi connectivity index (χ0n) is 10.6. The van der Waals surface area contributed by atoms with E-state index in [1.807, 2.05) is 0 Å². The number of rotatable bonds is 3. The number of hydrazine groups is 1. The summed E-state index contributed by atoms with van der Waals surface area (Å²) < 4.78 is 0. The molecule has 0 saturated heterocycles. The molecule has 1 aliphatic rings. The summed E-state index contributed by atoms with van der Waals surface area (Å²) in [6, 6.07) is 5.45. The van der Waals surface area contributed by atoms with Crippen molar-refractivity contribution in [2.45, 2.75) is 38.6 Å². The number of anilines is 1. The molecule has 1 aromatic heterocycles. The molecule has 18 heavy (non-hydrogen) atoms. The van der Waals surface area contributed by atoms with Gasteiger partial charge in [-0.25, -0.2) is 10.8 Å². The Labute approximate surface area is 107 Å². The van der Waals surface area contributed by atoms with E-state index in [1.165, 1.54) is 19.3 Å². The molecular formula is C13H20N4O. The van der Waals surface area contributed by atoms with Crippen LogP contribution >= 0.6 is 0 Å². The number of carbonyl (C=O) groups excluding carboxylic acids is 1. The van der Waals surface area contributed by atoms with Crippen LogP contribution < -0.4 is 16.6 Å². The summed E-state index contributed by atoms with van der Waals surface area (Å²) in [5.41, 5.74) is 2.85. The zero-order chi connectivity index (χ0) is 13.0. The van der Waals surface area contributed by atoms with E-state index in [-0.39, 0.29) is 11.9 Å². The molecule has 0 aliphatic heterocycles. The summed E-state index contributed by atoms with van der Waals surface area (Å²) in [7, 11) is 0. The van der Waals surface area contributed by atoms with Crippen molar-refractivity contribution in [1.29, 1.82) is 0 Å². The third kappa shape index (κ3) is 2.98. The van der Waals surface area contributed by atoms with Crippen LogP contribution in [0.25, 0.3) is 0 Å². The number of aromatic nitrogens is 1. The minimum absolute atomic E-state index is 0.120. The molecule has 5 nitrogen and oxygen atoms in total. The van der Waals surface area contributed by atoms with Gasteiger partial charge in [-0.3, -0.25) is 4.79 Å². The van der Waals surface area contributed by atoms with Gasteiger partial charge in [0.05, 0.1) is 0 Å². The summed E-state index contributed by atoms with van der Waals surface area (Å²) in [6.07, 6.45) is 4.69. The van der Waals surface area contributed by atoms with Crippen molar-refractivity contribution >= 4 is 11.7 Å². The number of hydrogen-bond acceptors (Lipinski definition) is 4. The van der Waals surface area contributed by atoms with Crippen molar-refractivity contribution in [2.75, 3.05) is 5.43 Å². The largest absolute Gasteiger partial charge is 0.348 e. The Hall–Kier alpha value is -1.62. The van der Waals surface area contributed by atoms with Gasteiger partial charge in [-0.05, 0) is 30.9 Å². The fourth-order valence-electron chi connectivity index (χ4n) is 2.41. The highest BCUT2D eigenvalue weighted by molar-refractivity contribution is 5.92. The molecule has 0 aromatic carbocycles. The van der Waals surface area contributed by atoms with E-state index in [4.69, 9.17) is 5.84 Å². The second-order valence-corrected chi connectivity index (χ2v) is 4.89. The Morgan fingerprint density at radius 2 is 2.17 bits per heavy atom. The maximum Gasteiger partial charge on any atom is 0.270 e. The number of carbonyl (C=O) groups is 1. The van der Waals surface area contributed by atoms with E-state index < -0.39 is 0 Å². The lowest BCUT2D eigenvalue weighted by molar-refractivity contribution is 0.0905. The molecular weight excluding hydrogens is 228 g/mol. The highest BCUT2D eigenvalue weighted by atomic mass is 16.1. The Balaban J connectivity index is 2.02. The van der Waals surface area contributed by atoms with Crippen molar-refractivity contribution in [3.05, 3.63) is 23.9 Å². The van der Waals surface area contributed by atoms with Crippen LogP contribution in [0.4, 0.5) is 5.82 Å². The monoisotopic (exact) mass is 248 g/mol. The molecule has 0 radical (unpaired) electrons. The molecule has 2 atom stereocenters. The Morgan fingerprint density at radius 3 is 2.89 bits per heavy atom. The molecule has 5 heteroatoms. The highest BCUT2D eigenvalue weighted by Crippen LogP contribution is 2.23. The van der Waals surface area contributed by atoms with Gasteiger partial charge in [0.25, 0.3) is 5.91 Å². The number of nitrogens with two attached hydrogens (primary N) is 1. The van der Waals surface area contributed by atoms with Gasteiger partial charge in [0.15, 0.2) is 0 Å². The maximum atomic E-state index is 12.1. The van der Waals surface area contributed by atoms with E-state index in [1.54, 1.807) is 18.2 Å². The van der Waals surface area contributed by atoms with Gasteiger partial charge in [-0.1, -0.05) is 25.8 Å². The van der Waals surface area contributed by atoms with Crippen LogP contribution in [0.2, 0.25) is 0 Å². The molecule has 4 N–H and O–H groups in total. The average Bonchev–Trinajstić information content (AvgIpc) is 2.41. The van der Waals surface area contributed by atoms with Crippen molar-refractivity contribution < 1.29 is 4.79 Å². The van der Waals surface area contributed by atoms with Crippen molar-refractivity contribution in [3.63, 3.8) is 0 Å². The summed E-state index contributed by atoms with van der Waals surface area (Å²) in [5.74, 6) is 6.20. The summed E-state index contributed by atoms with van der Waals surface area (Å²) in [4.78, 5) is 16.2. The molecule has 1 heterocycles. The molecule has 1 amide bonds. The van der Waals surface area contributed by atoms with E-state index in [2.05, 4.69) is 22.7 Å². The quantitative estimate of drug-likeness (QED) is 0.561. The van der Waals surface area contributed by atoms with Gasteiger partial charge in [-0.15, -0.1) is 0 Å². The Bertz CT molecular complexity index is 421. The molecule has 2 rings (SSSR count). The molecule has 1 aliphatic carbocycles. The minimum Gasteiger partial charge on any atom is -0.348 e. The predicted octanol–water partition coefficient (Wildman–Crippen LogP) is 1.68. The van der Waals surface area contributed by atoms with Crippen LogP contribution in [0.1, 0.15) is 43.1 Å². The molecule has 1 aromatic rings. The molecule has 0 bridgehead atoms. The van der Waals surface area contributed by atoms with Crippen LogP contribution in [-0.4, -0.2) is 16.9 Å². The standard InChI is InChI=1S/C13H20N4O/c1-9-5-2-3-6-10(9)16-13(18)11-7-4-8-12(15-11)17-14/h4,7-10H,2-3,5-6,14H2,1H3,(H,15,17)(H,16,18). The Morgan fingerprint density at radius 1 is 1.39 bits per heavy atom. The van der Waals surface area contributed by atoms with Gasteiger partial charge in [0.1, 0.15) is 11.5 Å². The van der Waals surface area contributed by atoms with E-state index >= 15 is 0 Å². The average molecular weight is 248 g/mol. The minimum atomic E-state index is -0.120. The first-order chi connectivity index (χ1) is 8.70. The third-order valence-electron chi connectivity index (χ3n) is 3.56. The number of nitrogen functional groups attached to an aromatic ring is 1. The molecule has 1 saturated carbocycles. The SMILES string of the molecule is CC1CCCCC1NC(=O)c1cccc(NN)n1. The van der Waals surface area contributed by atoms with Crippen LogP contribution in [-0.2, 0) is 0 Å². The third-order valence-corrected chi connectivity index (χ3v) is 3.56. The van der Waals surface area contributed by atoms with Gasteiger partial charge in [0.2, 0.25) is 0 Å². The second-order valence-electron chi connectivity index (χ2n) is 4.89. The zero-order valence-corrected chi connectivity index (χ0v) is 10.6. The summed E-state index contributed by atoms with van der Waals surface area (Å²) in [5, 5.41) is 3.07. The lowest BCUT2D eigenvalue weighted by Crippen LogP contribution is -2.41. The summed E-state index contributed by atoms with van der Waals surface area (Å²) >= 11 is 0. The second kappa shape index (κ2) is 5.82. The number of nitrogens with zero attached hydrogens (tertiary/aromatic N) is 1. The summed E-state index contributed by atoms with van der Waals surface area (Å²) in [6.45, 7) is 2.19. The lowest BCUT2D eigenvalue weighted by atomic mass is 9.86. The molecule has 0 spiro atoms. The van der Waals surface area contributed by atoms with Gasteiger partial charge in [0, 0.05) is 6.04 Å². The first-order valence-corrected chi connectivity index (χ1v) is 6.45. The number of amides is 1. The van der Waals surface area contributed by atoms with Crippen LogP contribution in [0.5, 0.6) is 0 Å². The fourth-order valence-corrected chi connectivity index (χ4v) is 2.41.